The highest BCUT2D eigenvalue weighted by Crippen LogP contribution is 2.16. The molecule has 1 saturated heterocycles. The van der Waals surface area contributed by atoms with Crippen molar-refractivity contribution >= 4 is 16.6 Å². The lowest BCUT2D eigenvalue weighted by atomic mass is 10.0. The SMILES string of the molecule is Cc1ccc(C(=O)CS(=O)C2CCOCC2)cc1C. The molecule has 0 N–H and O–H groups in total. The normalized spacial score (nSPS) is 18.2. The largest absolute Gasteiger partial charge is 0.381 e. The summed E-state index contributed by atoms with van der Waals surface area (Å²) in [6.07, 6.45) is 1.60. The maximum Gasteiger partial charge on any atom is 0.175 e. The van der Waals surface area contributed by atoms with Crippen molar-refractivity contribution in [1.29, 1.82) is 0 Å². The molecule has 0 amide bonds. The molecule has 0 aliphatic carbocycles. The van der Waals surface area contributed by atoms with Crippen LogP contribution in [0.4, 0.5) is 0 Å². The number of aryl methyl sites for hydroxylation is 2. The van der Waals surface area contributed by atoms with Gasteiger partial charge in [0.25, 0.3) is 0 Å². The number of carbonyl (C=O) groups is 1. The van der Waals surface area contributed by atoms with E-state index in [2.05, 4.69) is 0 Å². The summed E-state index contributed by atoms with van der Waals surface area (Å²) in [5.74, 6) is 0.112. The smallest absolute Gasteiger partial charge is 0.175 e. The molecule has 4 heteroatoms. The molecular formula is C15H20O3S. The van der Waals surface area contributed by atoms with Gasteiger partial charge in [-0.25, -0.2) is 0 Å². The van der Waals surface area contributed by atoms with Crippen molar-refractivity contribution in [3.63, 3.8) is 0 Å². The van der Waals surface area contributed by atoms with Gasteiger partial charge in [0, 0.05) is 34.8 Å². The third kappa shape index (κ3) is 3.74. The van der Waals surface area contributed by atoms with Gasteiger partial charge >= 0.3 is 0 Å². The van der Waals surface area contributed by atoms with Gasteiger partial charge in [-0.15, -0.1) is 0 Å². The molecule has 1 aliphatic heterocycles. The topological polar surface area (TPSA) is 43.4 Å². The van der Waals surface area contributed by atoms with E-state index in [1.165, 1.54) is 5.56 Å². The predicted octanol–water partition coefficient (Wildman–Crippen LogP) is 2.41. The number of hydrogen-bond acceptors (Lipinski definition) is 3. The molecule has 1 unspecified atom stereocenters. The zero-order valence-electron chi connectivity index (χ0n) is 11.5. The van der Waals surface area contributed by atoms with Gasteiger partial charge in [0.1, 0.15) is 0 Å². The van der Waals surface area contributed by atoms with Crippen molar-refractivity contribution in [3.05, 3.63) is 34.9 Å². The minimum atomic E-state index is -1.08. The molecule has 0 saturated carbocycles. The van der Waals surface area contributed by atoms with Crippen LogP contribution in [0.15, 0.2) is 18.2 Å². The van der Waals surface area contributed by atoms with E-state index in [0.29, 0.717) is 18.8 Å². The maximum atomic E-state index is 12.2. The third-order valence-corrected chi connectivity index (χ3v) is 5.40. The average molecular weight is 280 g/mol. The number of ketones is 1. The van der Waals surface area contributed by atoms with E-state index in [4.69, 9.17) is 4.74 Å². The van der Waals surface area contributed by atoms with E-state index < -0.39 is 10.8 Å². The van der Waals surface area contributed by atoms with Gasteiger partial charge in [0.05, 0.1) is 5.75 Å². The zero-order chi connectivity index (χ0) is 13.8. The summed E-state index contributed by atoms with van der Waals surface area (Å²) >= 11 is 0. The molecule has 0 radical (unpaired) electrons. The van der Waals surface area contributed by atoms with Crippen LogP contribution in [0, 0.1) is 13.8 Å². The average Bonchev–Trinajstić information content (AvgIpc) is 2.42. The van der Waals surface area contributed by atoms with Crippen molar-refractivity contribution in [1.82, 2.24) is 0 Å². The lowest BCUT2D eigenvalue weighted by Crippen LogP contribution is -2.28. The minimum Gasteiger partial charge on any atom is -0.381 e. The van der Waals surface area contributed by atoms with Gasteiger partial charge < -0.3 is 4.74 Å². The highest BCUT2D eigenvalue weighted by atomic mass is 32.2. The summed E-state index contributed by atoms with van der Waals surface area (Å²) < 4.78 is 17.4. The summed E-state index contributed by atoms with van der Waals surface area (Å²) in [6, 6.07) is 5.66. The zero-order valence-corrected chi connectivity index (χ0v) is 12.3. The van der Waals surface area contributed by atoms with Gasteiger partial charge in [-0.1, -0.05) is 12.1 Å². The Labute approximate surface area is 116 Å². The molecule has 1 heterocycles. The Morgan fingerprint density at radius 3 is 2.58 bits per heavy atom. The molecule has 0 spiro atoms. The van der Waals surface area contributed by atoms with Crippen LogP contribution in [-0.4, -0.2) is 34.2 Å². The highest BCUT2D eigenvalue weighted by Gasteiger charge is 2.22. The fraction of sp³-hybridized carbons (Fsp3) is 0.533. The van der Waals surface area contributed by atoms with E-state index in [1.54, 1.807) is 0 Å². The molecule has 0 bridgehead atoms. The van der Waals surface area contributed by atoms with E-state index >= 15 is 0 Å². The minimum absolute atomic E-state index is 0.0204. The molecule has 1 fully saturated rings. The molecule has 1 aliphatic rings. The second-order valence-electron chi connectivity index (χ2n) is 5.06. The van der Waals surface area contributed by atoms with Crippen LogP contribution in [0.3, 0.4) is 0 Å². The van der Waals surface area contributed by atoms with Crippen LogP contribution in [-0.2, 0) is 15.5 Å². The van der Waals surface area contributed by atoms with Crippen LogP contribution >= 0.6 is 0 Å². The maximum absolute atomic E-state index is 12.2. The third-order valence-electron chi connectivity index (χ3n) is 3.64. The Bertz CT molecular complexity index is 490. The van der Waals surface area contributed by atoms with E-state index in [-0.39, 0.29) is 16.8 Å². The lowest BCUT2D eigenvalue weighted by molar-refractivity contribution is 0.0980. The van der Waals surface area contributed by atoms with E-state index in [0.717, 1.165) is 18.4 Å². The van der Waals surface area contributed by atoms with Gasteiger partial charge in [0.2, 0.25) is 0 Å². The van der Waals surface area contributed by atoms with Gasteiger partial charge in [-0.2, -0.15) is 0 Å². The summed E-state index contributed by atoms with van der Waals surface area (Å²) in [5, 5.41) is 0.115. The van der Waals surface area contributed by atoms with Gasteiger partial charge in [-0.3, -0.25) is 9.00 Å². The first-order chi connectivity index (χ1) is 9.08. The lowest BCUT2D eigenvalue weighted by Gasteiger charge is -2.21. The van der Waals surface area contributed by atoms with Gasteiger partial charge in [0.15, 0.2) is 5.78 Å². The molecule has 2 rings (SSSR count). The van der Waals surface area contributed by atoms with Crippen LogP contribution < -0.4 is 0 Å². The summed E-state index contributed by atoms with van der Waals surface area (Å²) in [4.78, 5) is 12.1. The molecule has 3 nitrogen and oxygen atoms in total. The van der Waals surface area contributed by atoms with Crippen LogP contribution in [0.1, 0.15) is 34.3 Å². The first-order valence-electron chi connectivity index (χ1n) is 6.63. The highest BCUT2D eigenvalue weighted by molar-refractivity contribution is 7.86. The van der Waals surface area contributed by atoms with E-state index in [9.17, 15) is 9.00 Å². The van der Waals surface area contributed by atoms with Crippen LogP contribution in [0.2, 0.25) is 0 Å². The number of rotatable bonds is 4. The molecule has 1 aromatic rings. The summed E-state index contributed by atoms with van der Waals surface area (Å²) in [6.45, 7) is 5.33. The molecule has 104 valence electrons. The second kappa shape index (κ2) is 6.44. The molecule has 19 heavy (non-hydrogen) atoms. The summed E-state index contributed by atoms with van der Waals surface area (Å²) in [5.41, 5.74) is 2.94. The van der Waals surface area contributed by atoms with Crippen LogP contribution in [0.25, 0.3) is 0 Å². The number of carbonyl (C=O) groups excluding carboxylic acids is 1. The van der Waals surface area contributed by atoms with Crippen molar-refractivity contribution < 1.29 is 13.7 Å². The number of Topliss-reactive ketones (excluding diaryl/α,β-unsaturated/α-hetero) is 1. The Kier molecular flexibility index (Phi) is 4.88. The summed E-state index contributed by atoms with van der Waals surface area (Å²) in [7, 11) is -1.08. The monoisotopic (exact) mass is 280 g/mol. The van der Waals surface area contributed by atoms with Gasteiger partial charge in [-0.05, 0) is 43.9 Å². The van der Waals surface area contributed by atoms with Crippen molar-refractivity contribution in [2.45, 2.75) is 31.9 Å². The van der Waals surface area contributed by atoms with Crippen molar-refractivity contribution in [2.75, 3.05) is 19.0 Å². The molecule has 1 aromatic carbocycles. The fourth-order valence-electron chi connectivity index (χ4n) is 2.18. The first-order valence-corrected chi connectivity index (χ1v) is 8.01. The Balaban J connectivity index is 1.99. The number of ether oxygens (including phenoxy) is 1. The quantitative estimate of drug-likeness (QED) is 0.796. The molecule has 0 aromatic heterocycles. The predicted molar refractivity (Wildman–Crippen MR) is 77.1 cm³/mol. The van der Waals surface area contributed by atoms with Crippen LogP contribution in [0.5, 0.6) is 0 Å². The van der Waals surface area contributed by atoms with Crippen molar-refractivity contribution in [2.24, 2.45) is 0 Å². The Hall–Kier alpha value is -1.00. The van der Waals surface area contributed by atoms with E-state index in [1.807, 2.05) is 32.0 Å². The standard InChI is InChI=1S/C15H20O3S/c1-11-3-4-13(9-12(11)2)15(16)10-19(17)14-5-7-18-8-6-14/h3-4,9,14H,5-8,10H2,1-2H3. The Morgan fingerprint density at radius 2 is 1.95 bits per heavy atom. The first kappa shape index (κ1) is 14.4. The van der Waals surface area contributed by atoms with Crippen molar-refractivity contribution in [3.8, 4) is 0 Å². The number of benzene rings is 1. The Morgan fingerprint density at radius 1 is 1.26 bits per heavy atom. The molecule has 1 atom stereocenters. The fourth-order valence-corrected chi connectivity index (χ4v) is 3.56. The molecular weight excluding hydrogens is 260 g/mol. The second-order valence-corrected chi connectivity index (χ2v) is 6.78. The number of hydrogen-bond donors (Lipinski definition) is 0.